The van der Waals surface area contributed by atoms with Crippen LogP contribution in [0.15, 0.2) is 47.8 Å². The van der Waals surface area contributed by atoms with Crippen molar-refractivity contribution >= 4 is 35.2 Å². The van der Waals surface area contributed by atoms with Gasteiger partial charge in [-0.15, -0.1) is 11.3 Å². The average Bonchev–Trinajstić information content (AvgIpc) is 2.91. The smallest absolute Gasteiger partial charge is 0.323 e. The number of anilines is 1. The van der Waals surface area contributed by atoms with Gasteiger partial charge in [0.15, 0.2) is 5.78 Å². The highest BCUT2D eigenvalue weighted by molar-refractivity contribution is 7.81. The Morgan fingerprint density at radius 1 is 1.19 bits per heavy atom. The zero-order valence-electron chi connectivity index (χ0n) is 10.8. The lowest BCUT2D eigenvalue weighted by Gasteiger charge is -2.29. The zero-order chi connectivity index (χ0) is 15.5. The van der Waals surface area contributed by atoms with E-state index in [1.807, 2.05) is 0 Å². The summed E-state index contributed by atoms with van der Waals surface area (Å²) in [5, 5.41) is 2.01. The molecule has 1 aromatic heterocycles. The molecule has 0 saturated heterocycles. The Kier molecular flexibility index (Phi) is 5.32. The third-order valence-corrected chi connectivity index (χ3v) is 5.93. The molecule has 1 aromatic carbocycles. The van der Waals surface area contributed by atoms with E-state index >= 15 is 0 Å². The molecule has 0 amide bonds. The summed E-state index contributed by atoms with van der Waals surface area (Å²) in [4.78, 5) is 19.2. The predicted molar refractivity (Wildman–Crippen MR) is 83.5 cm³/mol. The molecule has 2 unspecified atom stereocenters. The SMILES string of the molecule is O=S(O)N(c1cccs1)C(Cc1ccccc1)P(=O)(O)O. The monoisotopic (exact) mass is 347 g/mol. The number of hydrogen-bond acceptors (Lipinski definition) is 3. The highest BCUT2D eigenvalue weighted by Gasteiger charge is 2.38. The van der Waals surface area contributed by atoms with E-state index in [9.17, 15) is 23.1 Å². The highest BCUT2D eigenvalue weighted by atomic mass is 32.2. The number of rotatable bonds is 6. The molecule has 2 rings (SSSR count). The van der Waals surface area contributed by atoms with Gasteiger partial charge in [0.25, 0.3) is 11.3 Å². The molecule has 0 aliphatic carbocycles. The Morgan fingerprint density at radius 2 is 1.86 bits per heavy atom. The van der Waals surface area contributed by atoms with Gasteiger partial charge in [0.05, 0.1) is 0 Å². The average molecular weight is 347 g/mol. The fraction of sp³-hybridized carbons (Fsp3) is 0.167. The van der Waals surface area contributed by atoms with Crippen molar-refractivity contribution in [1.82, 2.24) is 0 Å². The summed E-state index contributed by atoms with van der Waals surface area (Å²) in [6, 6.07) is 11.9. The topological polar surface area (TPSA) is 98.1 Å². The first kappa shape index (κ1) is 16.4. The lowest BCUT2D eigenvalue weighted by Crippen LogP contribution is -2.37. The summed E-state index contributed by atoms with van der Waals surface area (Å²) in [6.45, 7) is 0. The van der Waals surface area contributed by atoms with Gasteiger partial charge in [-0.1, -0.05) is 30.3 Å². The molecule has 1 heterocycles. The Labute approximate surface area is 128 Å². The van der Waals surface area contributed by atoms with Gasteiger partial charge in [-0.2, -0.15) is 0 Å². The second kappa shape index (κ2) is 6.83. The summed E-state index contributed by atoms with van der Waals surface area (Å²) in [5.41, 5.74) is 0.679. The quantitative estimate of drug-likeness (QED) is 0.551. The molecule has 21 heavy (non-hydrogen) atoms. The molecule has 2 aromatic rings. The van der Waals surface area contributed by atoms with Gasteiger partial charge < -0.3 is 9.79 Å². The Hall–Kier alpha value is -1.02. The Morgan fingerprint density at radius 3 is 2.33 bits per heavy atom. The van der Waals surface area contributed by atoms with E-state index in [2.05, 4.69) is 0 Å². The molecule has 0 fully saturated rings. The minimum absolute atomic E-state index is 0.0324. The molecular formula is C12H14NO5PS2. The highest BCUT2D eigenvalue weighted by Crippen LogP contribution is 2.47. The number of hydrogen-bond donors (Lipinski definition) is 3. The van der Waals surface area contributed by atoms with Crippen LogP contribution in [0.1, 0.15) is 5.56 Å². The molecule has 0 radical (unpaired) electrons. The molecule has 114 valence electrons. The molecule has 3 N–H and O–H groups in total. The fourth-order valence-corrected chi connectivity index (χ4v) is 4.92. The summed E-state index contributed by atoms with van der Waals surface area (Å²) in [7, 11) is -4.61. The lowest BCUT2D eigenvalue weighted by atomic mass is 10.1. The number of thiophene rings is 1. The summed E-state index contributed by atoms with van der Waals surface area (Å²) >= 11 is -1.39. The zero-order valence-corrected chi connectivity index (χ0v) is 13.3. The largest absolute Gasteiger partial charge is 0.349 e. The first-order valence-corrected chi connectivity index (χ1v) is 9.55. The molecule has 0 aliphatic heterocycles. The third-order valence-electron chi connectivity index (χ3n) is 2.81. The minimum Gasteiger partial charge on any atom is -0.323 e. The van der Waals surface area contributed by atoms with Crippen molar-refractivity contribution in [3.8, 4) is 0 Å². The predicted octanol–water partition coefficient (Wildman–Crippen LogP) is 2.44. The van der Waals surface area contributed by atoms with Crippen LogP contribution < -0.4 is 4.31 Å². The van der Waals surface area contributed by atoms with E-state index in [1.54, 1.807) is 47.8 Å². The van der Waals surface area contributed by atoms with Crippen LogP contribution in [0.3, 0.4) is 0 Å². The first-order valence-electron chi connectivity index (χ1n) is 5.92. The van der Waals surface area contributed by atoms with Crippen molar-refractivity contribution in [3.05, 3.63) is 53.4 Å². The van der Waals surface area contributed by atoms with Gasteiger partial charge in [0, 0.05) is 6.42 Å². The minimum atomic E-state index is -4.61. The number of benzene rings is 1. The lowest BCUT2D eigenvalue weighted by molar-refractivity contribution is 0.357. The maximum Gasteiger partial charge on any atom is 0.349 e. The van der Waals surface area contributed by atoms with Crippen LogP contribution in [0.25, 0.3) is 0 Å². The fourth-order valence-electron chi connectivity index (χ4n) is 1.89. The maximum absolute atomic E-state index is 11.8. The third kappa shape index (κ3) is 4.23. The van der Waals surface area contributed by atoms with Gasteiger partial charge >= 0.3 is 7.60 Å². The first-order chi connectivity index (χ1) is 9.89. The second-order valence-electron chi connectivity index (χ2n) is 4.27. The maximum atomic E-state index is 11.8. The summed E-state index contributed by atoms with van der Waals surface area (Å²) in [5.74, 6) is -1.40. The molecule has 6 nitrogen and oxygen atoms in total. The van der Waals surface area contributed by atoms with Crippen LogP contribution >= 0.6 is 18.9 Å². The molecular weight excluding hydrogens is 333 g/mol. The van der Waals surface area contributed by atoms with E-state index in [0.717, 1.165) is 15.6 Å². The van der Waals surface area contributed by atoms with E-state index in [-0.39, 0.29) is 6.42 Å². The molecule has 9 heteroatoms. The van der Waals surface area contributed by atoms with Crippen LogP contribution in [0.4, 0.5) is 5.00 Å². The molecule has 0 aliphatic rings. The Balaban J connectivity index is 2.39. The molecule has 0 spiro atoms. The normalized spacial score (nSPS) is 14.6. The van der Waals surface area contributed by atoms with Crippen LogP contribution in [-0.2, 0) is 22.3 Å². The van der Waals surface area contributed by atoms with Crippen LogP contribution in [-0.4, -0.2) is 24.3 Å². The molecule has 0 saturated carbocycles. The number of nitrogens with zero attached hydrogens (tertiary/aromatic N) is 1. The Bertz CT molecular complexity index is 643. The van der Waals surface area contributed by atoms with Crippen molar-refractivity contribution in [2.24, 2.45) is 0 Å². The standard InChI is InChI=1S/C12H14NO5PS2/c14-19(15,16)11(9-10-5-2-1-3-6-10)13(21(17)18)12-7-4-8-20-12/h1-8,11H,9H2,(H,17,18)(H2,14,15,16). The molecule has 2 atom stereocenters. The van der Waals surface area contributed by atoms with Crippen molar-refractivity contribution in [2.75, 3.05) is 4.31 Å². The summed E-state index contributed by atoms with van der Waals surface area (Å²) in [6.07, 6.45) is -0.0324. The van der Waals surface area contributed by atoms with Crippen LogP contribution in [0.5, 0.6) is 0 Å². The van der Waals surface area contributed by atoms with Crippen molar-refractivity contribution in [1.29, 1.82) is 0 Å². The van der Waals surface area contributed by atoms with Crippen LogP contribution in [0.2, 0.25) is 0 Å². The van der Waals surface area contributed by atoms with Crippen LogP contribution in [0, 0.1) is 0 Å². The van der Waals surface area contributed by atoms with Crippen molar-refractivity contribution < 1.29 is 23.1 Å². The van der Waals surface area contributed by atoms with E-state index in [4.69, 9.17) is 0 Å². The van der Waals surface area contributed by atoms with E-state index in [1.165, 1.54) is 0 Å². The van der Waals surface area contributed by atoms with Gasteiger partial charge in [0.2, 0.25) is 0 Å². The van der Waals surface area contributed by atoms with Gasteiger partial charge in [-0.3, -0.25) is 9.12 Å². The van der Waals surface area contributed by atoms with Crippen molar-refractivity contribution in [2.45, 2.75) is 12.2 Å². The van der Waals surface area contributed by atoms with E-state index in [0.29, 0.717) is 10.6 Å². The summed E-state index contributed by atoms with van der Waals surface area (Å²) < 4.78 is 33.7. The molecule has 0 bridgehead atoms. The van der Waals surface area contributed by atoms with Gasteiger partial charge in [0.1, 0.15) is 5.00 Å². The van der Waals surface area contributed by atoms with Crippen molar-refractivity contribution in [3.63, 3.8) is 0 Å². The van der Waals surface area contributed by atoms with Gasteiger partial charge in [-0.05, 0) is 23.1 Å². The second-order valence-corrected chi connectivity index (χ2v) is 7.82. The van der Waals surface area contributed by atoms with Gasteiger partial charge in [-0.25, -0.2) is 8.51 Å². The van der Waals surface area contributed by atoms with E-state index < -0.39 is 24.6 Å².